The van der Waals surface area contributed by atoms with Crippen molar-refractivity contribution in [2.75, 3.05) is 18.1 Å². The number of carbonyl (C=O) groups excluding carboxylic acids is 2. The third-order valence-corrected chi connectivity index (χ3v) is 5.09. The predicted octanol–water partition coefficient (Wildman–Crippen LogP) is 1.51. The first kappa shape index (κ1) is 21.1. The fourth-order valence-corrected chi connectivity index (χ4v) is 3.30. The number of Topliss-reactive ketones (excluding diaryl/α,β-unsaturated/α-hetero) is 1. The van der Waals surface area contributed by atoms with Gasteiger partial charge in [-0.05, 0) is 49.7 Å². The van der Waals surface area contributed by atoms with Crippen LogP contribution in [0.3, 0.4) is 0 Å². The average molecular weight is 437 g/mol. The van der Waals surface area contributed by atoms with E-state index in [1.165, 1.54) is 36.1 Å². The minimum Gasteiger partial charge on any atom is -0.472 e. The van der Waals surface area contributed by atoms with Gasteiger partial charge in [0.25, 0.3) is 5.91 Å². The van der Waals surface area contributed by atoms with Crippen molar-refractivity contribution in [3.05, 3.63) is 65.0 Å². The van der Waals surface area contributed by atoms with Gasteiger partial charge in [-0.2, -0.15) is 0 Å². The van der Waals surface area contributed by atoms with Crippen molar-refractivity contribution in [2.45, 2.75) is 20.4 Å². The Bertz CT molecular complexity index is 1200. The fourth-order valence-electron chi connectivity index (χ4n) is 3.30. The highest BCUT2D eigenvalue weighted by atomic mass is 19.1. The van der Waals surface area contributed by atoms with Crippen molar-refractivity contribution in [3.63, 3.8) is 0 Å². The van der Waals surface area contributed by atoms with E-state index in [4.69, 9.17) is 10.5 Å². The number of hydrogen-bond donors (Lipinski definition) is 1. The van der Waals surface area contributed by atoms with Gasteiger partial charge in [0.15, 0.2) is 11.6 Å². The Balaban J connectivity index is 1.47. The Morgan fingerprint density at radius 2 is 1.84 bits per heavy atom. The lowest BCUT2D eigenvalue weighted by Crippen LogP contribution is -2.41. The molecular weight excluding hydrogens is 417 g/mol. The second-order valence-corrected chi connectivity index (χ2v) is 7.15. The number of aromatic nitrogens is 5. The summed E-state index contributed by atoms with van der Waals surface area (Å²) < 4.78 is 20.5. The van der Waals surface area contributed by atoms with Gasteiger partial charge in [-0.25, -0.2) is 4.39 Å². The molecule has 0 saturated heterocycles. The summed E-state index contributed by atoms with van der Waals surface area (Å²) in [6.07, 6.45) is 0. The van der Waals surface area contributed by atoms with Crippen LogP contribution in [0.5, 0.6) is 5.88 Å². The fraction of sp³-hybridized carbons (Fsp3) is 0.238. The smallest absolute Gasteiger partial charge is 0.297 e. The Labute approximate surface area is 182 Å². The van der Waals surface area contributed by atoms with E-state index in [9.17, 15) is 14.0 Å². The van der Waals surface area contributed by atoms with Crippen molar-refractivity contribution < 1.29 is 18.7 Å². The standard InChI is InChI=1S/C21H20FN7O3/c1-12(30)16(19(23)14-3-5-15(22)6-4-14)11-32-18-8-7-17(25-26-18)29-10-9-28-13(2)24-27-20(28)21(29)31/h3-8H,9-11,23H2,1-2H3/b19-16-. The summed E-state index contributed by atoms with van der Waals surface area (Å²) in [6.45, 7) is 3.97. The van der Waals surface area contributed by atoms with Crippen molar-refractivity contribution in [2.24, 2.45) is 5.73 Å². The molecular formula is C21H20FN7O3. The van der Waals surface area contributed by atoms with Gasteiger partial charge in [0, 0.05) is 24.9 Å². The third-order valence-electron chi connectivity index (χ3n) is 5.09. The molecule has 2 N–H and O–H groups in total. The van der Waals surface area contributed by atoms with Gasteiger partial charge in [0.05, 0.1) is 5.57 Å². The molecule has 164 valence electrons. The van der Waals surface area contributed by atoms with Crippen LogP contribution in [0.2, 0.25) is 0 Å². The zero-order chi connectivity index (χ0) is 22.8. The monoisotopic (exact) mass is 437 g/mol. The summed E-state index contributed by atoms with van der Waals surface area (Å²) in [5.41, 5.74) is 7.02. The lowest BCUT2D eigenvalue weighted by molar-refractivity contribution is -0.113. The van der Waals surface area contributed by atoms with Crippen LogP contribution in [0.15, 0.2) is 42.0 Å². The van der Waals surface area contributed by atoms with Gasteiger partial charge in [-0.1, -0.05) is 0 Å². The molecule has 0 fully saturated rings. The SMILES string of the molecule is CC(=O)/C(COc1ccc(N2CCn3c(C)nnc3C2=O)nn1)=C(\N)c1ccc(F)cc1. The average Bonchev–Trinajstić information content (AvgIpc) is 3.16. The minimum atomic E-state index is -0.403. The van der Waals surface area contributed by atoms with Crippen LogP contribution in [-0.2, 0) is 11.3 Å². The van der Waals surface area contributed by atoms with E-state index in [1.54, 1.807) is 23.6 Å². The van der Waals surface area contributed by atoms with Crippen molar-refractivity contribution in [1.82, 2.24) is 25.0 Å². The molecule has 0 aliphatic carbocycles. The summed E-state index contributed by atoms with van der Waals surface area (Å²) in [4.78, 5) is 26.2. The molecule has 0 saturated carbocycles. The molecule has 4 rings (SSSR count). The van der Waals surface area contributed by atoms with Crippen LogP contribution in [0.25, 0.3) is 5.70 Å². The summed E-state index contributed by atoms with van der Waals surface area (Å²) in [5, 5.41) is 15.9. The molecule has 2 aromatic heterocycles. The van der Waals surface area contributed by atoms with Crippen LogP contribution in [0, 0.1) is 12.7 Å². The maximum Gasteiger partial charge on any atom is 0.297 e. The molecule has 0 radical (unpaired) electrons. The van der Waals surface area contributed by atoms with Gasteiger partial charge in [0.1, 0.15) is 18.2 Å². The van der Waals surface area contributed by atoms with E-state index in [0.29, 0.717) is 30.3 Å². The maximum atomic E-state index is 13.1. The number of ether oxygens (including phenoxy) is 1. The molecule has 0 unspecified atom stereocenters. The number of hydrogen-bond acceptors (Lipinski definition) is 8. The Morgan fingerprint density at radius 3 is 2.50 bits per heavy atom. The molecule has 1 aliphatic rings. The first-order chi connectivity index (χ1) is 15.3. The molecule has 0 atom stereocenters. The first-order valence-electron chi connectivity index (χ1n) is 9.79. The zero-order valence-electron chi connectivity index (χ0n) is 17.4. The first-order valence-corrected chi connectivity index (χ1v) is 9.79. The molecule has 1 amide bonds. The second-order valence-electron chi connectivity index (χ2n) is 7.15. The summed E-state index contributed by atoms with van der Waals surface area (Å²) >= 11 is 0. The number of ketones is 1. The zero-order valence-corrected chi connectivity index (χ0v) is 17.4. The van der Waals surface area contributed by atoms with Gasteiger partial charge < -0.3 is 15.0 Å². The Kier molecular flexibility index (Phi) is 5.63. The van der Waals surface area contributed by atoms with E-state index < -0.39 is 5.82 Å². The quantitative estimate of drug-likeness (QED) is 0.575. The van der Waals surface area contributed by atoms with Crippen LogP contribution >= 0.6 is 0 Å². The molecule has 10 nitrogen and oxygen atoms in total. The molecule has 0 bridgehead atoms. The number of rotatable bonds is 6. The highest BCUT2D eigenvalue weighted by Gasteiger charge is 2.29. The highest BCUT2D eigenvalue weighted by molar-refractivity contribution is 6.03. The maximum absolute atomic E-state index is 13.1. The van der Waals surface area contributed by atoms with E-state index in [2.05, 4.69) is 20.4 Å². The molecule has 1 aromatic carbocycles. The number of fused-ring (bicyclic) bond motifs is 1. The number of carbonyl (C=O) groups is 2. The van der Waals surface area contributed by atoms with Crippen molar-refractivity contribution in [1.29, 1.82) is 0 Å². The predicted molar refractivity (Wildman–Crippen MR) is 112 cm³/mol. The van der Waals surface area contributed by atoms with E-state index in [-0.39, 0.29) is 41.3 Å². The second kappa shape index (κ2) is 8.53. The number of halogens is 1. The van der Waals surface area contributed by atoms with Crippen LogP contribution in [-0.4, -0.2) is 49.8 Å². The van der Waals surface area contributed by atoms with Crippen molar-refractivity contribution >= 4 is 23.2 Å². The lowest BCUT2D eigenvalue weighted by atomic mass is 10.0. The van der Waals surface area contributed by atoms with E-state index >= 15 is 0 Å². The molecule has 0 spiro atoms. The normalized spacial score (nSPS) is 14.1. The van der Waals surface area contributed by atoms with Crippen molar-refractivity contribution in [3.8, 4) is 5.88 Å². The van der Waals surface area contributed by atoms with Crippen LogP contribution in [0.4, 0.5) is 10.2 Å². The van der Waals surface area contributed by atoms with Gasteiger partial charge in [-0.3, -0.25) is 14.5 Å². The molecule has 32 heavy (non-hydrogen) atoms. The summed E-state index contributed by atoms with van der Waals surface area (Å²) in [7, 11) is 0. The van der Waals surface area contributed by atoms with Gasteiger partial charge in [-0.15, -0.1) is 20.4 Å². The molecule has 3 aromatic rings. The molecule has 3 heterocycles. The largest absolute Gasteiger partial charge is 0.472 e. The number of nitrogens with zero attached hydrogens (tertiary/aromatic N) is 6. The number of nitrogens with two attached hydrogens (primary N) is 1. The topological polar surface area (TPSA) is 129 Å². The molecule has 1 aliphatic heterocycles. The Hall–Kier alpha value is -4.15. The summed E-state index contributed by atoms with van der Waals surface area (Å²) in [6, 6.07) is 8.64. The third kappa shape index (κ3) is 4.04. The van der Waals surface area contributed by atoms with Crippen LogP contribution < -0.4 is 15.4 Å². The van der Waals surface area contributed by atoms with E-state index in [1.807, 2.05) is 0 Å². The molecule has 11 heteroatoms. The number of aryl methyl sites for hydroxylation is 1. The summed E-state index contributed by atoms with van der Waals surface area (Å²) in [5.74, 6) is 0.439. The number of amides is 1. The highest BCUT2D eigenvalue weighted by Crippen LogP contribution is 2.21. The number of benzene rings is 1. The van der Waals surface area contributed by atoms with Gasteiger partial charge >= 0.3 is 0 Å². The minimum absolute atomic E-state index is 0.141. The number of anilines is 1. The van der Waals surface area contributed by atoms with Crippen LogP contribution in [0.1, 0.15) is 28.9 Å². The van der Waals surface area contributed by atoms with Gasteiger partial charge in [0.2, 0.25) is 11.7 Å². The van der Waals surface area contributed by atoms with E-state index in [0.717, 1.165) is 0 Å². The Morgan fingerprint density at radius 1 is 1.09 bits per heavy atom. The lowest BCUT2D eigenvalue weighted by Gasteiger charge is -2.26.